The minimum Gasteiger partial charge on any atom is -0.486 e. The number of rotatable bonds is 2. The molecule has 0 aromatic heterocycles. The average molecular weight is 258 g/mol. The zero-order valence-corrected chi connectivity index (χ0v) is 10.0. The van der Waals surface area contributed by atoms with Crippen LogP contribution in [0.5, 0.6) is 11.5 Å². The van der Waals surface area contributed by atoms with Crippen molar-refractivity contribution in [3.63, 3.8) is 0 Å². The van der Waals surface area contributed by atoms with Crippen molar-refractivity contribution >= 4 is 23.4 Å². The second-order valence-corrected chi connectivity index (χ2v) is 3.73. The topological polar surface area (TPSA) is 56.8 Å². The van der Waals surface area contributed by atoms with Crippen LogP contribution in [0.2, 0.25) is 5.02 Å². The number of hydrogen-bond donors (Lipinski definition) is 1. The van der Waals surface area contributed by atoms with E-state index in [1.165, 1.54) is 0 Å². The molecule has 0 spiro atoms. The zero-order chi connectivity index (χ0) is 12.3. The van der Waals surface area contributed by atoms with Crippen LogP contribution in [0, 0.1) is 0 Å². The van der Waals surface area contributed by atoms with Crippen LogP contribution in [0.25, 0.3) is 0 Å². The van der Waals surface area contributed by atoms with E-state index in [1.807, 2.05) is 0 Å². The van der Waals surface area contributed by atoms with Crippen molar-refractivity contribution in [2.45, 2.75) is 6.92 Å². The lowest BCUT2D eigenvalue weighted by molar-refractivity contribution is 0.167. The second kappa shape index (κ2) is 5.14. The average Bonchev–Trinajstić information content (AvgIpc) is 2.30. The number of ether oxygens (including phenoxy) is 3. The maximum atomic E-state index is 11.3. The van der Waals surface area contributed by atoms with Crippen LogP contribution in [0.15, 0.2) is 12.1 Å². The van der Waals surface area contributed by atoms with Crippen molar-refractivity contribution in [2.24, 2.45) is 0 Å². The minimum atomic E-state index is -0.550. The fourth-order valence-electron chi connectivity index (χ4n) is 1.44. The summed E-state index contributed by atoms with van der Waals surface area (Å²) in [6, 6.07) is 3.23. The Kier molecular flexibility index (Phi) is 3.58. The number of halogens is 1. The van der Waals surface area contributed by atoms with Crippen molar-refractivity contribution in [2.75, 3.05) is 25.1 Å². The summed E-state index contributed by atoms with van der Waals surface area (Å²) in [7, 11) is 0. The smallest absolute Gasteiger partial charge is 0.411 e. The molecule has 0 saturated heterocycles. The Hall–Kier alpha value is -1.62. The molecule has 2 rings (SSSR count). The van der Waals surface area contributed by atoms with Crippen molar-refractivity contribution in [3.8, 4) is 11.5 Å². The van der Waals surface area contributed by atoms with E-state index in [2.05, 4.69) is 5.32 Å². The molecule has 1 aromatic carbocycles. The normalized spacial score (nSPS) is 13.1. The molecule has 0 saturated carbocycles. The van der Waals surface area contributed by atoms with Crippen molar-refractivity contribution in [3.05, 3.63) is 17.2 Å². The van der Waals surface area contributed by atoms with Gasteiger partial charge in [-0.25, -0.2) is 4.79 Å². The highest BCUT2D eigenvalue weighted by atomic mass is 35.5. The monoisotopic (exact) mass is 257 g/mol. The third-order valence-electron chi connectivity index (χ3n) is 2.14. The molecular formula is C11H12ClNO4. The van der Waals surface area contributed by atoms with Crippen molar-refractivity contribution in [1.29, 1.82) is 0 Å². The van der Waals surface area contributed by atoms with E-state index in [1.54, 1.807) is 19.1 Å². The number of carbonyl (C=O) groups is 1. The second-order valence-electron chi connectivity index (χ2n) is 3.32. The van der Waals surface area contributed by atoms with Gasteiger partial charge in [0, 0.05) is 12.1 Å². The van der Waals surface area contributed by atoms with Gasteiger partial charge in [0.2, 0.25) is 0 Å². The Balaban J connectivity index is 2.19. The Bertz CT molecular complexity index is 436. The maximum absolute atomic E-state index is 11.3. The van der Waals surface area contributed by atoms with Gasteiger partial charge in [-0.3, -0.25) is 5.32 Å². The van der Waals surface area contributed by atoms with E-state index in [9.17, 15) is 4.79 Å². The summed E-state index contributed by atoms with van der Waals surface area (Å²) in [4.78, 5) is 11.3. The predicted molar refractivity (Wildman–Crippen MR) is 63.1 cm³/mol. The largest absolute Gasteiger partial charge is 0.486 e. The molecule has 0 aliphatic carbocycles. The molecule has 1 aliphatic rings. The highest BCUT2D eigenvalue weighted by Crippen LogP contribution is 2.37. The molecule has 1 N–H and O–H groups in total. The van der Waals surface area contributed by atoms with Gasteiger partial charge < -0.3 is 14.2 Å². The number of amides is 1. The molecule has 0 radical (unpaired) electrons. The number of benzene rings is 1. The molecule has 92 valence electrons. The van der Waals surface area contributed by atoms with Crippen LogP contribution in [-0.2, 0) is 4.74 Å². The lowest BCUT2D eigenvalue weighted by Crippen LogP contribution is -2.17. The summed E-state index contributed by atoms with van der Waals surface area (Å²) < 4.78 is 15.5. The predicted octanol–water partition coefficient (Wildman–Crippen LogP) is 2.68. The standard InChI is InChI=1S/C11H12ClNO4/c1-2-15-11(14)13-8-6-10-9(5-7(8)12)16-3-4-17-10/h5-6H,2-4H2,1H3,(H,13,14). The molecule has 1 heterocycles. The van der Waals surface area contributed by atoms with Gasteiger partial charge in [0.05, 0.1) is 17.3 Å². The Morgan fingerprint density at radius 1 is 1.41 bits per heavy atom. The van der Waals surface area contributed by atoms with Crippen LogP contribution < -0.4 is 14.8 Å². The fourth-order valence-corrected chi connectivity index (χ4v) is 1.64. The van der Waals surface area contributed by atoms with Gasteiger partial charge >= 0.3 is 6.09 Å². The molecule has 0 atom stereocenters. The van der Waals surface area contributed by atoms with Crippen LogP contribution in [0.3, 0.4) is 0 Å². The lowest BCUT2D eigenvalue weighted by atomic mass is 10.2. The third-order valence-corrected chi connectivity index (χ3v) is 2.46. The lowest BCUT2D eigenvalue weighted by Gasteiger charge is -2.19. The summed E-state index contributed by atoms with van der Waals surface area (Å²) in [5.41, 5.74) is 0.439. The number of hydrogen-bond acceptors (Lipinski definition) is 4. The van der Waals surface area contributed by atoms with E-state index in [-0.39, 0.29) is 0 Å². The molecule has 1 aromatic rings. The molecular weight excluding hydrogens is 246 g/mol. The van der Waals surface area contributed by atoms with E-state index in [0.717, 1.165) is 0 Å². The maximum Gasteiger partial charge on any atom is 0.411 e. The quantitative estimate of drug-likeness (QED) is 0.885. The van der Waals surface area contributed by atoms with Crippen molar-refractivity contribution in [1.82, 2.24) is 0 Å². The van der Waals surface area contributed by atoms with Crippen LogP contribution >= 0.6 is 11.6 Å². The summed E-state index contributed by atoms with van der Waals surface area (Å²) >= 11 is 6.00. The first-order valence-corrected chi connectivity index (χ1v) is 5.61. The fraction of sp³-hybridized carbons (Fsp3) is 0.364. The first kappa shape index (κ1) is 11.9. The zero-order valence-electron chi connectivity index (χ0n) is 9.29. The first-order valence-electron chi connectivity index (χ1n) is 5.23. The van der Waals surface area contributed by atoms with Crippen LogP contribution in [0.4, 0.5) is 10.5 Å². The first-order chi connectivity index (χ1) is 8.20. The molecule has 6 heteroatoms. The molecule has 1 aliphatic heterocycles. The Labute approximate surface area is 104 Å². The van der Waals surface area contributed by atoms with Gasteiger partial charge in [-0.2, -0.15) is 0 Å². The molecule has 1 amide bonds. The molecule has 17 heavy (non-hydrogen) atoms. The van der Waals surface area contributed by atoms with E-state index >= 15 is 0 Å². The SMILES string of the molecule is CCOC(=O)Nc1cc2c(cc1Cl)OCCO2. The van der Waals surface area contributed by atoms with Gasteiger partial charge in [0.15, 0.2) is 11.5 Å². The molecule has 0 fully saturated rings. The van der Waals surface area contributed by atoms with E-state index < -0.39 is 6.09 Å². The molecule has 0 bridgehead atoms. The van der Waals surface area contributed by atoms with Gasteiger partial charge in [-0.15, -0.1) is 0 Å². The summed E-state index contributed by atoms with van der Waals surface area (Å²) in [5, 5.41) is 2.91. The highest BCUT2D eigenvalue weighted by molar-refractivity contribution is 6.33. The molecule has 0 unspecified atom stereocenters. The Morgan fingerprint density at radius 2 is 2.06 bits per heavy atom. The van der Waals surface area contributed by atoms with E-state index in [4.69, 9.17) is 25.8 Å². The van der Waals surface area contributed by atoms with Gasteiger partial charge in [-0.05, 0) is 6.92 Å². The number of fused-ring (bicyclic) bond motifs is 1. The van der Waals surface area contributed by atoms with Gasteiger partial charge in [-0.1, -0.05) is 11.6 Å². The third kappa shape index (κ3) is 2.74. The number of carbonyl (C=O) groups excluding carboxylic acids is 1. The number of nitrogens with one attached hydrogen (secondary N) is 1. The van der Waals surface area contributed by atoms with Crippen molar-refractivity contribution < 1.29 is 19.0 Å². The van der Waals surface area contributed by atoms with Crippen LogP contribution in [0.1, 0.15) is 6.92 Å². The summed E-state index contributed by atoms with van der Waals surface area (Å²) in [6.45, 7) is 3.00. The van der Waals surface area contributed by atoms with Crippen LogP contribution in [-0.4, -0.2) is 25.9 Å². The highest BCUT2D eigenvalue weighted by Gasteiger charge is 2.16. The van der Waals surface area contributed by atoms with E-state index in [0.29, 0.717) is 42.0 Å². The minimum absolute atomic E-state index is 0.300. The Morgan fingerprint density at radius 3 is 2.71 bits per heavy atom. The summed E-state index contributed by atoms with van der Waals surface area (Å²) in [6.07, 6.45) is -0.550. The van der Waals surface area contributed by atoms with Gasteiger partial charge in [0.25, 0.3) is 0 Å². The van der Waals surface area contributed by atoms with Gasteiger partial charge in [0.1, 0.15) is 13.2 Å². The molecule has 5 nitrogen and oxygen atoms in total. The summed E-state index contributed by atoms with van der Waals surface area (Å²) in [5.74, 6) is 1.14. The number of anilines is 1.